The fourth-order valence-electron chi connectivity index (χ4n) is 3.31. The number of ketones is 1. The van der Waals surface area contributed by atoms with Crippen molar-refractivity contribution in [3.63, 3.8) is 0 Å². The maximum absolute atomic E-state index is 12.3. The van der Waals surface area contributed by atoms with Crippen molar-refractivity contribution in [3.05, 3.63) is 118 Å². The molecule has 7 heteroatoms. The Morgan fingerprint density at radius 3 is 2.44 bits per heavy atom. The quantitative estimate of drug-likeness (QED) is 0.270. The van der Waals surface area contributed by atoms with Crippen LogP contribution in [-0.4, -0.2) is 33.2 Å². The predicted molar refractivity (Wildman–Crippen MR) is 134 cm³/mol. The molecule has 174 valence electrons. The van der Waals surface area contributed by atoms with Crippen molar-refractivity contribution >= 4 is 23.2 Å². The largest absolute Gasteiger partial charge is 0.494 e. The zero-order chi connectivity index (χ0) is 24.3. The summed E-state index contributed by atoms with van der Waals surface area (Å²) in [5.41, 5.74) is 3.41. The van der Waals surface area contributed by atoms with E-state index in [1.54, 1.807) is 39.7 Å². The number of allylic oxidation sites excluding steroid dienone is 5. The highest BCUT2D eigenvalue weighted by atomic mass is 16.5. The highest BCUT2D eigenvalue weighted by Crippen LogP contribution is 2.24. The van der Waals surface area contributed by atoms with Crippen LogP contribution in [0.3, 0.4) is 0 Å². The molecule has 0 heterocycles. The Balaban J connectivity index is 1.75. The number of nitrogens with one attached hydrogen (secondary N) is 1. The van der Waals surface area contributed by atoms with Crippen LogP contribution in [-0.2, 0) is 14.2 Å². The summed E-state index contributed by atoms with van der Waals surface area (Å²) in [4.78, 5) is 22.9. The molecule has 0 spiro atoms. The molecule has 0 amide bonds. The summed E-state index contributed by atoms with van der Waals surface area (Å²) in [5, 5.41) is 5.99. The number of para-hydroxylation sites is 1. The standard InChI is InChI=1S/C27H26N2O5/c1-32-25-15-9-19(18-26(33-2)27(25)34-3)8-10-20-6-4-5-7-23(20)28-17-16-24(30)21-11-13-22(29-31)14-12-21/h4-18,25,28H,1-3H3/b10-8-,17-16-. The van der Waals surface area contributed by atoms with Gasteiger partial charge in [-0.3, -0.25) is 4.79 Å². The molecule has 1 aliphatic carbocycles. The van der Waals surface area contributed by atoms with E-state index in [1.807, 2.05) is 54.6 Å². The molecule has 7 nitrogen and oxygen atoms in total. The lowest BCUT2D eigenvalue weighted by molar-refractivity contribution is 0.0978. The Bertz CT molecular complexity index is 1170. The number of nitroso groups, excluding NO2 is 1. The van der Waals surface area contributed by atoms with Crippen LogP contribution in [0.2, 0.25) is 0 Å². The van der Waals surface area contributed by atoms with Crippen LogP contribution < -0.4 is 5.32 Å². The van der Waals surface area contributed by atoms with Gasteiger partial charge in [0.05, 0.1) is 14.2 Å². The normalized spacial score (nSPS) is 15.9. The van der Waals surface area contributed by atoms with Gasteiger partial charge in [0.1, 0.15) is 11.8 Å². The third-order valence-electron chi connectivity index (χ3n) is 5.10. The van der Waals surface area contributed by atoms with Crippen molar-refractivity contribution in [1.29, 1.82) is 0 Å². The molecule has 0 fully saturated rings. The van der Waals surface area contributed by atoms with Crippen LogP contribution in [0.4, 0.5) is 11.4 Å². The summed E-state index contributed by atoms with van der Waals surface area (Å²) >= 11 is 0. The van der Waals surface area contributed by atoms with Gasteiger partial charge in [0.2, 0.25) is 0 Å². The van der Waals surface area contributed by atoms with E-state index in [4.69, 9.17) is 14.2 Å². The SMILES string of the molecule is COC1=C(OC)C(OC)C=CC(/C=C\c2ccccc2N/C=C\C(=O)c2ccc(N=O)cc2)=C1. The molecule has 2 aromatic carbocycles. The van der Waals surface area contributed by atoms with Crippen molar-refractivity contribution in [1.82, 2.24) is 0 Å². The van der Waals surface area contributed by atoms with Gasteiger partial charge in [0.25, 0.3) is 0 Å². The highest BCUT2D eigenvalue weighted by molar-refractivity contribution is 6.04. The topological polar surface area (TPSA) is 86.2 Å². The van der Waals surface area contributed by atoms with Gasteiger partial charge in [0.15, 0.2) is 17.3 Å². The Hall–Kier alpha value is -4.23. The second kappa shape index (κ2) is 12.1. The summed E-state index contributed by atoms with van der Waals surface area (Å²) in [6.07, 6.45) is 12.3. The molecule has 3 rings (SSSR count). The van der Waals surface area contributed by atoms with E-state index in [0.717, 1.165) is 16.8 Å². The third-order valence-corrected chi connectivity index (χ3v) is 5.10. The summed E-state index contributed by atoms with van der Waals surface area (Å²) < 4.78 is 16.4. The second-order valence-electron chi connectivity index (χ2n) is 7.20. The summed E-state index contributed by atoms with van der Waals surface area (Å²) in [6.45, 7) is 0. The summed E-state index contributed by atoms with van der Waals surface area (Å²) in [7, 11) is 4.78. The maximum Gasteiger partial charge on any atom is 0.187 e. The minimum absolute atomic E-state index is 0.188. The van der Waals surface area contributed by atoms with Gasteiger partial charge in [0, 0.05) is 30.6 Å². The summed E-state index contributed by atoms with van der Waals surface area (Å²) in [5.74, 6) is 0.995. The van der Waals surface area contributed by atoms with Crippen LogP contribution >= 0.6 is 0 Å². The van der Waals surface area contributed by atoms with E-state index in [1.165, 1.54) is 18.2 Å². The lowest BCUT2D eigenvalue weighted by Crippen LogP contribution is -2.14. The molecular weight excluding hydrogens is 432 g/mol. The molecular formula is C27H26N2O5. The lowest BCUT2D eigenvalue weighted by Gasteiger charge is -2.15. The first-order chi connectivity index (χ1) is 16.6. The molecule has 0 saturated carbocycles. The van der Waals surface area contributed by atoms with E-state index >= 15 is 0 Å². The van der Waals surface area contributed by atoms with Crippen LogP contribution in [0.5, 0.6) is 0 Å². The first kappa shape index (κ1) is 24.4. The number of nitrogens with zero attached hydrogens (tertiary/aromatic N) is 1. The number of ether oxygens (including phenoxy) is 3. The third kappa shape index (κ3) is 6.17. The number of carbonyl (C=O) groups is 1. The van der Waals surface area contributed by atoms with Crippen molar-refractivity contribution in [2.45, 2.75) is 6.10 Å². The van der Waals surface area contributed by atoms with E-state index in [2.05, 4.69) is 10.5 Å². The number of rotatable bonds is 10. The average molecular weight is 459 g/mol. The first-order valence-electron chi connectivity index (χ1n) is 10.5. The molecule has 0 aromatic heterocycles. The maximum atomic E-state index is 12.3. The summed E-state index contributed by atoms with van der Waals surface area (Å²) in [6, 6.07) is 13.9. The average Bonchev–Trinajstić information content (AvgIpc) is 3.06. The van der Waals surface area contributed by atoms with E-state index in [9.17, 15) is 9.70 Å². The fraction of sp³-hybridized carbons (Fsp3) is 0.148. The number of hydrogen-bond acceptors (Lipinski definition) is 7. The molecule has 1 aliphatic rings. The molecule has 1 N–H and O–H groups in total. The van der Waals surface area contributed by atoms with Crippen LogP contribution in [0, 0.1) is 4.91 Å². The Morgan fingerprint density at radius 2 is 1.76 bits per heavy atom. The second-order valence-corrected chi connectivity index (χ2v) is 7.20. The van der Waals surface area contributed by atoms with Crippen molar-refractivity contribution in [2.24, 2.45) is 5.18 Å². The molecule has 2 aromatic rings. The number of carbonyl (C=O) groups excluding carboxylic acids is 1. The zero-order valence-corrected chi connectivity index (χ0v) is 19.2. The molecule has 0 radical (unpaired) electrons. The van der Waals surface area contributed by atoms with Crippen LogP contribution in [0.25, 0.3) is 6.08 Å². The molecule has 0 aliphatic heterocycles. The Kier molecular flexibility index (Phi) is 8.71. The smallest absolute Gasteiger partial charge is 0.187 e. The fourth-order valence-corrected chi connectivity index (χ4v) is 3.31. The number of hydrogen-bond donors (Lipinski definition) is 1. The lowest BCUT2D eigenvalue weighted by atomic mass is 10.1. The van der Waals surface area contributed by atoms with Crippen molar-refractivity contribution < 1.29 is 19.0 Å². The zero-order valence-electron chi connectivity index (χ0n) is 19.2. The molecule has 0 saturated heterocycles. The minimum Gasteiger partial charge on any atom is -0.494 e. The van der Waals surface area contributed by atoms with Crippen molar-refractivity contribution in [3.8, 4) is 0 Å². The number of benzene rings is 2. The Labute approximate surface area is 198 Å². The number of anilines is 1. The molecule has 0 bridgehead atoms. The van der Waals surface area contributed by atoms with Crippen LogP contribution in [0.15, 0.2) is 107 Å². The van der Waals surface area contributed by atoms with Gasteiger partial charge < -0.3 is 19.5 Å². The van der Waals surface area contributed by atoms with E-state index in [0.29, 0.717) is 17.1 Å². The van der Waals surface area contributed by atoms with Gasteiger partial charge in [-0.25, -0.2) is 0 Å². The first-order valence-corrected chi connectivity index (χ1v) is 10.5. The van der Waals surface area contributed by atoms with Gasteiger partial charge in [-0.2, -0.15) is 0 Å². The van der Waals surface area contributed by atoms with Crippen LogP contribution in [0.1, 0.15) is 15.9 Å². The predicted octanol–water partition coefficient (Wildman–Crippen LogP) is 5.92. The van der Waals surface area contributed by atoms with Crippen molar-refractivity contribution in [2.75, 3.05) is 26.6 Å². The number of methoxy groups -OCH3 is 3. The van der Waals surface area contributed by atoms with Gasteiger partial charge >= 0.3 is 0 Å². The molecule has 1 atom stereocenters. The van der Waals surface area contributed by atoms with Gasteiger partial charge in [-0.1, -0.05) is 36.4 Å². The highest BCUT2D eigenvalue weighted by Gasteiger charge is 2.19. The van der Waals surface area contributed by atoms with E-state index < -0.39 is 0 Å². The molecule has 1 unspecified atom stereocenters. The molecule has 34 heavy (non-hydrogen) atoms. The Morgan fingerprint density at radius 1 is 1.00 bits per heavy atom. The van der Waals surface area contributed by atoms with E-state index in [-0.39, 0.29) is 17.6 Å². The monoisotopic (exact) mass is 458 g/mol. The van der Waals surface area contributed by atoms with Gasteiger partial charge in [-0.05, 0) is 58.8 Å². The van der Waals surface area contributed by atoms with Gasteiger partial charge in [-0.15, -0.1) is 4.91 Å². The minimum atomic E-state index is -0.343.